The number of ether oxygens (including phenoxy) is 2. The maximum atomic E-state index is 12.1. The Labute approximate surface area is 254 Å². The molecule has 3 N–H and O–H groups in total. The summed E-state index contributed by atoms with van der Waals surface area (Å²) >= 11 is 0. The van der Waals surface area contributed by atoms with Crippen molar-refractivity contribution in [1.29, 1.82) is 0 Å². The van der Waals surface area contributed by atoms with E-state index in [4.69, 9.17) is 14.6 Å². The van der Waals surface area contributed by atoms with Crippen molar-refractivity contribution in [2.75, 3.05) is 20.1 Å². The van der Waals surface area contributed by atoms with E-state index in [9.17, 15) is 14.7 Å². The number of hydrogen-bond acceptors (Lipinski definition) is 6. The molecule has 8 nitrogen and oxygen atoms in total. The lowest BCUT2D eigenvalue weighted by atomic mass is 9.90. The minimum Gasteiger partial charge on any atom is -0.481 e. The molecular formula is C35H42N2O6. The van der Waals surface area contributed by atoms with Crippen LogP contribution in [0.2, 0.25) is 0 Å². The van der Waals surface area contributed by atoms with Crippen molar-refractivity contribution >= 4 is 11.9 Å². The van der Waals surface area contributed by atoms with Crippen LogP contribution in [-0.2, 0) is 32.2 Å². The number of aliphatic hydroxyl groups is 1. The van der Waals surface area contributed by atoms with Crippen LogP contribution in [0.1, 0.15) is 60.8 Å². The third kappa shape index (κ3) is 9.08. The third-order valence-corrected chi connectivity index (χ3v) is 7.76. The number of carboxylic acids is 1. The molecule has 3 aromatic carbocycles. The fourth-order valence-corrected chi connectivity index (χ4v) is 5.35. The summed E-state index contributed by atoms with van der Waals surface area (Å²) < 4.78 is 13.2. The summed E-state index contributed by atoms with van der Waals surface area (Å²) in [4.78, 5) is 25.0. The van der Waals surface area contributed by atoms with Gasteiger partial charge in [-0.2, -0.15) is 0 Å². The van der Waals surface area contributed by atoms with Crippen LogP contribution in [0.3, 0.4) is 0 Å². The number of aliphatic carboxylic acids is 1. The van der Waals surface area contributed by atoms with Crippen molar-refractivity contribution in [3.8, 4) is 11.1 Å². The molecule has 0 unspecified atom stereocenters. The number of carboxylic acid groups (broad SMARTS) is 1. The predicted octanol–water partition coefficient (Wildman–Crippen LogP) is 5.63. The van der Waals surface area contributed by atoms with E-state index in [0.717, 1.165) is 46.5 Å². The number of nitrogens with zero attached hydrogens (tertiary/aromatic N) is 1. The van der Waals surface area contributed by atoms with Gasteiger partial charge in [0.1, 0.15) is 0 Å². The highest BCUT2D eigenvalue weighted by Crippen LogP contribution is 2.42. The first-order valence-corrected chi connectivity index (χ1v) is 14.7. The molecule has 0 saturated carbocycles. The molecule has 1 heterocycles. The second kappa shape index (κ2) is 15.6. The molecule has 0 bridgehead atoms. The van der Waals surface area contributed by atoms with Crippen LogP contribution < -0.4 is 5.32 Å². The van der Waals surface area contributed by atoms with E-state index in [1.807, 2.05) is 72.8 Å². The van der Waals surface area contributed by atoms with E-state index in [1.165, 1.54) is 0 Å². The van der Waals surface area contributed by atoms with Gasteiger partial charge in [-0.1, -0.05) is 73.7 Å². The largest absolute Gasteiger partial charge is 0.481 e. The highest BCUT2D eigenvalue weighted by molar-refractivity contribution is 5.76. The van der Waals surface area contributed by atoms with Crippen LogP contribution in [0, 0.1) is 5.92 Å². The zero-order chi connectivity index (χ0) is 30.8. The molecule has 0 aliphatic carbocycles. The molecule has 3 aromatic rings. The maximum Gasteiger partial charge on any atom is 0.303 e. The van der Waals surface area contributed by atoms with Gasteiger partial charge in [0.05, 0.1) is 18.8 Å². The Morgan fingerprint density at radius 3 is 2.37 bits per heavy atom. The molecule has 43 heavy (non-hydrogen) atoms. The van der Waals surface area contributed by atoms with E-state index in [2.05, 4.69) is 36.8 Å². The Morgan fingerprint density at radius 2 is 1.67 bits per heavy atom. The number of rotatable bonds is 14. The summed E-state index contributed by atoms with van der Waals surface area (Å²) in [5.74, 6) is -0.977. The summed E-state index contributed by atoms with van der Waals surface area (Å²) in [5.41, 5.74) is 5.77. The summed E-state index contributed by atoms with van der Waals surface area (Å²) in [6.45, 7) is 7.86. The fourth-order valence-electron chi connectivity index (χ4n) is 5.35. The quantitative estimate of drug-likeness (QED) is 0.210. The number of likely N-dealkylation sites (N-methyl/N-ethyl adjacent to an activating group) is 1. The van der Waals surface area contributed by atoms with Crippen molar-refractivity contribution in [3.63, 3.8) is 0 Å². The van der Waals surface area contributed by atoms with Crippen LogP contribution in [0.25, 0.3) is 11.1 Å². The lowest BCUT2D eigenvalue weighted by molar-refractivity contribution is -0.275. The van der Waals surface area contributed by atoms with Crippen molar-refractivity contribution in [3.05, 3.63) is 108 Å². The molecule has 228 valence electrons. The summed E-state index contributed by atoms with van der Waals surface area (Å²) in [5, 5.41) is 21.2. The average molecular weight is 587 g/mol. The molecule has 1 saturated heterocycles. The van der Waals surface area contributed by atoms with Gasteiger partial charge in [0, 0.05) is 44.0 Å². The van der Waals surface area contributed by atoms with Crippen LogP contribution in [0.15, 0.2) is 85.5 Å². The zero-order valence-electron chi connectivity index (χ0n) is 24.9. The van der Waals surface area contributed by atoms with Crippen molar-refractivity contribution < 1.29 is 29.3 Å². The number of hydrogen-bond donors (Lipinski definition) is 3. The van der Waals surface area contributed by atoms with Gasteiger partial charge in [0.25, 0.3) is 0 Å². The lowest BCUT2D eigenvalue weighted by Gasteiger charge is -2.42. The highest BCUT2D eigenvalue weighted by atomic mass is 16.7. The van der Waals surface area contributed by atoms with Crippen LogP contribution >= 0.6 is 0 Å². The minimum atomic E-state index is -0.899. The molecule has 0 radical (unpaired) electrons. The molecule has 1 fully saturated rings. The van der Waals surface area contributed by atoms with E-state index in [-0.39, 0.29) is 43.5 Å². The Kier molecular flexibility index (Phi) is 11.6. The first-order valence-electron chi connectivity index (χ1n) is 14.7. The van der Waals surface area contributed by atoms with Gasteiger partial charge in [-0.25, -0.2) is 0 Å². The molecular weight excluding hydrogens is 544 g/mol. The third-order valence-electron chi connectivity index (χ3n) is 7.76. The molecule has 1 amide bonds. The number of aliphatic hydroxyl groups excluding tert-OH is 1. The van der Waals surface area contributed by atoms with E-state index in [1.54, 1.807) is 0 Å². The maximum absolute atomic E-state index is 12.1. The number of carbonyl (C=O) groups is 2. The fraction of sp³-hybridized carbons (Fsp3) is 0.371. The van der Waals surface area contributed by atoms with Gasteiger partial charge in [-0.3, -0.25) is 9.59 Å². The molecule has 4 rings (SSSR count). The number of carbonyl (C=O) groups excluding carboxylic acids is 1. The van der Waals surface area contributed by atoms with Crippen molar-refractivity contribution in [2.24, 2.45) is 5.92 Å². The Hall–Kier alpha value is -3.82. The minimum absolute atomic E-state index is 0.00474. The Bertz CT molecular complexity index is 1370. The monoisotopic (exact) mass is 586 g/mol. The molecule has 0 aromatic heterocycles. The second-order valence-corrected chi connectivity index (χ2v) is 11.2. The van der Waals surface area contributed by atoms with Gasteiger partial charge in [0.15, 0.2) is 6.29 Å². The molecule has 1 aliphatic heterocycles. The van der Waals surface area contributed by atoms with Gasteiger partial charge in [0.2, 0.25) is 5.91 Å². The van der Waals surface area contributed by atoms with E-state index < -0.39 is 12.3 Å². The van der Waals surface area contributed by atoms with Crippen LogP contribution in [0.4, 0.5) is 0 Å². The average Bonchev–Trinajstić information content (AvgIpc) is 3.01. The summed E-state index contributed by atoms with van der Waals surface area (Å²) in [6, 6.07) is 24.0. The topological polar surface area (TPSA) is 108 Å². The van der Waals surface area contributed by atoms with Crippen LogP contribution in [-0.4, -0.2) is 53.2 Å². The van der Waals surface area contributed by atoms with Gasteiger partial charge >= 0.3 is 5.97 Å². The standard InChI is InChI=1S/C35H42N2O6/c1-4-18-37(3)22-31-24(2)34(27-16-14-25(23-38)15-17-27)43-35(42-31)30-11-6-10-29(20-30)28-9-5-8-26(19-28)21-36-32(39)12-7-13-33(40)41/h4-6,8-11,14-17,19-20,24,31,34-35,38H,1,7,12-13,18,21-23H2,2-3H3,(H,36,39)(H,40,41)/t24-,31+,34+,35+/m1/s1. The number of nitrogens with one attached hydrogen (secondary N) is 1. The van der Waals surface area contributed by atoms with Crippen molar-refractivity contribution in [1.82, 2.24) is 10.2 Å². The smallest absolute Gasteiger partial charge is 0.303 e. The lowest BCUT2D eigenvalue weighted by Crippen LogP contribution is -2.43. The normalized spacial score (nSPS) is 20.1. The molecule has 0 spiro atoms. The summed E-state index contributed by atoms with van der Waals surface area (Å²) in [7, 11) is 2.05. The Morgan fingerprint density at radius 1 is 0.953 bits per heavy atom. The van der Waals surface area contributed by atoms with E-state index >= 15 is 0 Å². The highest BCUT2D eigenvalue weighted by Gasteiger charge is 2.38. The first-order chi connectivity index (χ1) is 20.8. The van der Waals surface area contributed by atoms with Crippen LogP contribution in [0.5, 0.6) is 0 Å². The summed E-state index contributed by atoms with van der Waals surface area (Å²) in [6.07, 6.45) is 1.51. The SMILES string of the molecule is C=CCN(C)C[C@@H]1O[C@H](c2cccc(-c3cccc(CNC(=O)CCCC(=O)O)c3)c2)O[C@H](c2ccc(CO)cc2)[C@@H]1C. The predicted molar refractivity (Wildman–Crippen MR) is 166 cm³/mol. The molecule has 4 atom stereocenters. The first kappa shape index (κ1) is 32.1. The molecule has 8 heteroatoms. The second-order valence-electron chi connectivity index (χ2n) is 11.2. The van der Waals surface area contributed by atoms with Gasteiger partial charge in [-0.05, 0) is 53.4 Å². The van der Waals surface area contributed by atoms with Crippen molar-refractivity contribution in [2.45, 2.75) is 57.8 Å². The van der Waals surface area contributed by atoms with Gasteiger partial charge in [-0.15, -0.1) is 6.58 Å². The van der Waals surface area contributed by atoms with E-state index in [0.29, 0.717) is 13.0 Å². The van der Waals surface area contributed by atoms with Gasteiger partial charge < -0.3 is 29.9 Å². The Balaban J connectivity index is 1.52. The number of benzene rings is 3. The number of amides is 1. The zero-order valence-corrected chi connectivity index (χ0v) is 24.9. The molecule has 1 aliphatic rings.